The second-order valence-corrected chi connectivity index (χ2v) is 6.70. The molecule has 0 saturated heterocycles. The van der Waals surface area contributed by atoms with E-state index in [1.165, 1.54) is 7.11 Å². The average molecular weight is 325 g/mol. The number of aliphatic hydroxyl groups excluding tert-OH is 1. The molecule has 3 N–H and O–H groups in total. The van der Waals surface area contributed by atoms with Gasteiger partial charge in [0.1, 0.15) is 0 Å². The van der Waals surface area contributed by atoms with Gasteiger partial charge in [-0.25, -0.2) is 0 Å². The zero-order chi connectivity index (χ0) is 17.5. The van der Waals surface area contributed by atoms with E-state index in [1.54, 1.807) is 6.07 Å². The van der Waals surface area contributed by atoms with Gasteiger partial charge in [-0.05, 0) is 49.6 Å². The van der Waals surface area contributed by atoms with Gasteiger partial charge >= 0.3 is 0 Å². The molecular formula is C20H23NO3. The second-order valence-electron chi connectivity index (χ2n) is 6.70. The molecule has 126 valence electrons. The van der Waals surface area contributed by atoms with Crippen LogP contribution in [-0.4, -0.2) is 22.9 Å². The fourth-order valence-electron chi connectivity index (χ4n) is 3.52. The summed E-state index contributed by atoms with van der Waals surface area (Å²) in [4.78, 5) is 0. The predicted molar refractivity (Wildman–Crippen MR) is 97.4 cm³/mol. The number of aromatic hydroxyl groups is 1. The van der Waals surface area contributed by atoms with Crippen LogP contribution in [-0.2, 0) is 6.61 Å². The monoisotopic (exact) mass is 325 g/mol. The highest BCUT2D eigenvalue weighted by Gasteiger charge is 2.26. The third-order valence-corrected chi connectivity index (χ3v) is 4.41. The molecule has 0 radical (unpaired) electrons. The molecule has 4 heteroatoms. The number of rotatable bonds is 3. The van der Waals surface area contributed by atoms with Crippen LogP contribution in [0.1, 0.15) is 31.9 Å². The van der Waals surface area contributed by atoms with E-state index in [1.807, 2.05) is 24.3 Å². The molecule has 1 aliphatic heterocycles. The minimum Gasteiger partial charge on any atom is -0.504 e. The van der Waals surface area contributed by atoms with Gasteiger partial charge in [0.05, 0.1) is 19.3 Å². The van der Waals surface area contributed by atoms with Crippen molar-refractivity contribution in [3.05, 3.63) is 47.5 Å². The number of fused-ring (bicyclic) bond motifs is 1. The molecule has 2 aromatic carbocycles. The first-order valence-electron chi connectivity index (χ1n) is 7.99. The summed E-state index contributed by atoms with van der Waals surface area (Å²) >= 11 is 0. The highest BCUT2D eigenvalue weighted by atomic mass is 16.5. The van der Waals surface area contributed by atoms with Gasteiger partial charge in [0, 0.05) is 16.8 Å². The summed E-state index contributed by atoms with van der Waals surface area (Å²) in [5.41, 5.74) is 5.23. The topological polar surface area (TPSA) is 61.7 Å². The van der Waals surface area contributed by atoms with Crippen molar-refractivity contribution in [1.29, 1.82) is 0 Å². The zero-order valence-electron chi connectivity index (χ0n) is 14.5. The number of phenols is 1. The van der Waals surface area contributed by atoms with Crippen molar-refractivity contribution in [3.63, 3.8) is 0 Å². The number of aliphatic hydroxyl groups is 1. The fraction of sp³-hybridized carbons (Fsp3) is 0.300. The SMILES string of the molecule is COc1cccc(-c2ccc3c(c2CO)C(C)=CC(C)(C)N3)c1O. The molecule has 0 fully saturated rings. The minimum absolute atomic E-state index is 0.0837. The summed E-state index contributed by atoms with van der Waals surface area (Å²) in [6.45, 7) is 6.16. The van der Waals surface area contributed by atoms with Crippen LogP contribution >= 0.6 is 0 Å². The summed E-state index contributed by atoms with van der Waals surface area (Å²) < 4.78 is 5.21. The first kappa shape index (κ1) is 16.4. The molecular weight excluding hydrogens is 302 g/mol. The van der Waals surface area contributed by atoms with Crippen LogP contribution in [0.5, 0.6) is 11.5 Å². The summed E-state index contributed by atoms with van der Waals surface area (Å²) in [7, 11) is 1.53. The average Bonchev–Trinajstić information content (AvgIpc) is 2.53. The van der Waals surface area contributed by atoms with Gasteiger partial charge in [0.2, 0.25) is 0 Å². The summed E-state index contributed by atoms with van der Waals surface area (Å²) in [5, 5.41) is 24.0. The zero-order valence-corrected chi connectivity index (χ0v) is 14.5. The molecule has 0 saturated carbocycles. The maximum Gasteiger partial charge on any atom is 0.165 e. The lowest BCUT2D eigenvalue weighted by Gasteiger charge is -2.33. The van der Waals surface area contributed by atoms with Crippen molar-refractivity contribution in [1.82, 2.24) is 0 Å². The van der Waals surface area contributed by atoms with E-state index in [0.29, 0.717) is 11.3 Å². The Kier molecular flexibility index (Phi) is 4.01. The first-order chi connectivity index (χ1) is 11.4. The van der Waals surface area contributed by atoms with Crippen LogP contribution in [0.25, 0.3) is 16.7 Å². The van der Waals surface area contributed by atoms with Gasteiger partial charge in [0.25, 0.3) is 0 Å². The summed E-state index contributed by atoms with van der Waals surface area (Å²) in [6, 6.07) is 9.31. The van der Waals surface area contributed by atoms with E-state index in [-0.39, 0.29) is 17.9 Å². The van der Waals surface area contributed by atoms with Crippen LogP contribution in [0.4, 0.5) is 5.69 Å². The predicted octanol–water partition coefficient (Wildman–Crippen LogP) is 4.17. The van der Waals surface area contributed by atoms with Crippen LogP contribution in [0.15, 0.2) is 36.4 Å². The van der Waals surface area contributed by atoms with E-state index >= 15 is 0 Å². The van der Waals surface area contributed by atoms with Gasteiger partial charge in [-0.1, -0.05) is 24.3 Å². The van der Waals surface area contributed by atoms with Gasteiger partial charge in [0.15, 0.2) is 11.5 Å². The smallest absolute Gasteiger partial charge is 0.165 e. The van der Waals surface area contributed by atoms with E-state index in [0.717, 1.165) is 28.0 Å². The van der Waals surface area contributed by atoms with Gasteiger partial charge < -0.3 is 20.3 Å². The van der Waals surface area contributed by atoms with E-state index in [4.69, 9.17) is 4.74 Å². The van der Waals surface area contributed by atoms with Crippen LogP contribution in [0.3, 0.4) is 0 Å². The van der Waals surface area contributed by atoms with E-state index in [2.05, 4.69) is 32.2 Å². The summed E-state index contributed by atoms with van der Waals surface area (Å²) in [6.07, 6.45) is 2.16. The van der Waals surface area contributed by atoms with Gasteiger partial charge in [-0.15, -0.1) is 0 Å². The molecule has 0 aliphatic carbocycles. The molecule has 0 aromatic heterocycles. The number of allylic oxidation sites excluding steroid dienone is 1. The number of anilines is 1. The molecule has 1 aliphatic rings. The number of hydrogen-bond acceptors (Lipinski definition) is 4. The number of ether oxygens (including phenoxy) is 1. The Bertz CT molecular complexity index is 822. The lowest BCUT2D eigenvalue weighted by molar-refractivity contribution is 0.282. The van der Waals surface area contributed by atoms with E-state index < -0.39 is 0 Å². The Morgan fingerprint density at radius 1 is 1.12 bits per heavy atom. The Morgan fingerprint density at radius 3 is 2.54 bits per heavy atom. The van der Waals surface area contributed by atoms with Crippen LogP contribution < -0.4 is 10.1 Å². The molecule has 3 rings (SSSR count). The van der Waals surface area contributed by atoms with Crippen molar-refractivity contribution >= 4 is 11.3 Å². The molecule has 4 nitrogen and oxygen atoms in total. The van der Waals surface area contributed by atoms with Crippen molar-refractivity contribution < 1.29 is 14.9 Å². The summed E-state index contributed by atoms with van der Waals surface area (Å²) in [5.74, 6) is 0.501. The van der Waals surface area contributed by atoms with Gasteiger partial charge in [-0.2, -0.15) is 0 Å². The van der Waals surface area contributed by atoms with Gasteiger partial charge in [-0.3, -0.25) is 0 Å². The standard InChI is InChI=1S/C20H23NO3/c1-12-10-20(2,3)21-16-9-8-13(15(11-22)18(12)16)14-6-5-7-17(24-4)19(14)23/h5-10,21-23H,11H2,1-4H3. The Labute approximate surface area is 142 Å². The minimum atomic E-state index is -0.135. The molecule has 0 spiro atoms. The number of benzene rings is 2. The molecule has 0 unspecified atom stereocenters. The maximum atomic E-state index is 10.5. The Hall–Kier alpha value is -2.46. The molecule has 0 atom stereocenters. The first-order valence-corrected chi connectivity index (χ1v) is 7.99. The van der Waals surface area contributed by atoms with Crippen LogP contribution in [0, 0.1) is 0 Å². The largest absolute Gasteiger partial charge is 0.504 e. The number of hydrogen-bond donors (Lipinski definition) is 3. The van der Waals surface area contributed by atoms with Crippen molar-refractivity contribution in [2.75, 3.05) is 12.4 Å². The quantitative estimate of drug-likeness (QED) is 0.793. The third-order valence-electron chi connectivity index (χ3n) is 4.41. The molecule has 2 aromatic rings. The third kappa shape index (κ3) is 2.63. The molecule has 0 bridgehead atoms. The Morgan fingerprint density at radius 2 is 1.88 bits per heavy atom. The number of phenolic OH excluding ortho intramolecular Hbond substituents is 1. The second kappa shape index (κ2) is 5.87. The lowest BCUT2D eigenvalue weighted by Crippen LogP contribution is -2.31. The normalized spacial score (nSPS) is 15.3. The highest BCUT2D eigenvalue weighted by molar-refractivity contribution is 5.88. The number of nitrogens with one attached hydrogen (secondary N) is 1. The molecule has 1 heterocycles. The molecule has 24 heavy (non-hydrogen) atoms. The van der Waals surface area contributed by atoms with Crippen molar-refractivity contribution in [3.8, 4) is 22.6 Å². The maximum absolute atomic E-state index is 10.5. The Balaban J connectivity index is 2.25. The lowest BCUT2D eigenvalue weighted by atomic mass is 9.85. The van der Waals surface area contributed by atoms with Crippen molar-refractivity contribution in [2.45, 2.75) is 32.9 Å². The molecule has 0 amide bonds. The number of para-hydroxylation sites is 1. The van der Waals surface area contributed by atoms with Crippen LogP contribution in [0.2, 0.25) is 0 Å². The van der Waals surface area contributed by atoms with E-state index in [9.17, 15) is 10.2 Å². The van der Waals surface area contributed by atoms with Crippen molar-refractivity contribution in [2.24, 2.45) is 0 Å². The number of methoxy groups -OCH3 is 1. The fourth-order valence-corrected chi connectivity index (χ4v) is 3.52. The highest BCUT2D eigenvalue weighted by Crippen LogP contribution is 2.44.